The molecular formula is C14H25N3O. The van der Waals surface area contributed by atoms with Crippen LogP contribution >= 0.6 is 0 Å². The van der Waals surface area contributed by atoms with Crippen molar-refractivity contribution in [3.8, 4) is 0 Å². The van der Waals surface area contributed by atoms with Crippen LogP contribution in [0, 0.1) is 17.3 Å². The molecule has 2 atom stereocenters. The molecule has 0 bridgehead atoms. The fourth-order valence-corrected chi connectivity index (χ4v) is 2.33. The zero-order valence-corrected chi connectivity index (χ0v) is 12.0. The fraction of sp³-hybridized carbons (Fsp3) is 0.857. The lowest BCUT2D eigenvalue weighted by Gasteiger charge is -2.28. The minimum atomic E-state index is 0.270. The molecule has 4 heteroatoms. The summed E-state index contributed by atoms with van der Waals surface area (Å²) in [4.78, 5) is 0. The van der Waals surface area contributed by atoms with Crippen molar-refractivity contribution in [1.82, 2.24) is 14.8 Å². The molecule has 0 spiro atoms. The monoisotopic (exact) mass is 251 g/mol. The molecule has 1 aliphatic heterocycles. The summed E-state index contributed by atoms with van der Waals surface area (Å²) in [5.74, 6) is 3.12. The molecule has 0 aromatic carbocycles. The van der Waals surface area contributed by atoms with Gasteiger partial charge in [0.05, 0.1) is 0 Å². The standard InChI is InChI=1S/C14H25N3O/c1-10(14(2,3)4)7-13-16-15-12-6-5-11(9-18)8-17(12)13/h10-11,18H,5-9H2,1-4H3. The van der Waals surface area contributed by atoms with Crippen LogP contribution in [0.5, 0.6) is 0 Å². The maximum atomic E-state index is 9.30. The molecule has 1 aliphatic rings. The topological polar surface area (TPSA) is 50.9 Å². The smallest absolute Gasteiger partial charge is 0.133 e. The SMILES string of the molecule is CC(Cc1nnc2n1CC(CO)CC2)C(C)(C)C. The van der Waals surface area contributed by atoms with Gasteiger partial charge in [-0.3, -0.25) is 0 Å². The number of aromatic nitrogens is 3. The second-order valence-electron chi connectivity index (χ2n) is 6.70. The number of hydrogen-bond donors (Lipinski definition) is 1. The molecule has 102 valence electrons. The molecule has 0 saturated carbocycles. The van der Waals surface area contributed by atoms with Gasteiger partial charge in [-0.1, -0.05) is 27.7 Å². The Morgan fingerprint density at radius 1 is 1.39 bits per heavy atom. The van der Waals surface area contributed by atoms with Crippen LogP contribution < -0.4 is 0 Å². The van der Waals surface area contributed by atoms with Gasteiger partial charge in [0, 0.05) is 31.9 Å². The van der Waals surface area contributed by atoms with E-state index >= 15 is 0 Å². The molecule has 0 amide bonds. The van der Waals surface area contributed by atoms with Gasteiger partial charge in [0.1, 0.15) is 11.6 Å². The molecule has 0 aliphatic carbocycles. The average molecular weight is 251 g/mol. The van der Waals surface area contributed by atoms with Crippen LogP contribution in [0.2, 0.25) is 0 Å². The van der Waals surface area contributed by atoms with E-state index in [1.165, 1.54) is 0 Å². The van der Waals surface area contributed by atoms with Crippen LogP contribution in [0.4, 0.5) is 0 Å². The van der Waals surface area contributed by atoms with E-state index in [4.69, 9.17) is 0 Å². The van der Waals surface area contributed by atoms with E-state index in [0.717, 1.165) is 37.5 Å². The minimum absolute atomic E-state index is 0.270. The van der Waals surface area contributed by atoms with E-state index in [-0.39, 0.29) is 12.0 Å². The Hall–Kier alpha value is -0.900. The number of aliphatic hydroxyl groups is 1. The summed E-state index contributed by atoms with van der Waals surface area (Å²) in [5.41, 5.74) is 0.289. The maximum Gasteiger partial charge on any atom is 0.133 e. The number of fused-ring (bicyclic) bond motifs is 1. The van der Waals surface area contributed by atoms with Crippen molar-refractivity contribution in [1.29, 1.82) is 0 Å². The van der Waals surface area contributed by atoms with Gasteiger partial charge in [0.15, 0.2) is 0 Å². The summed E-state index contributed by atoms with van der Waals surface area (Å²) in [5, 5.41) is 17.9. The molecule has 0 saturated heterocycles. The second-order valence-corrected chi connectivity index (χ2v) is 6.70. The molecule has 2 unspecified atom stereocenters. The van der Waals surface area contributed by atoms with Crippen LogP contribution in [0.1, 0.15) is 45.8 Å². The largest absolute Gasteiger partial charge is 0.396 e. The van der Waals surface area contributed by atoms with Gasteiger partial charge < -0.3 is 9.67 Å². The number of aliphatic hydroxyl groups excluding tert-OH is 1. The number of aryl methyl sites for hydroxylation is 1. The quantitative estimate of drug-likeness (QED) is 0.894. The Bertz CT molecular complexity index is 406. The van der Waals surface area contributed by atoms with E-state index in [1.807, 2.05) is 0 Å². The van der Waals surface area contributed by atoms with Gasteiger partial charge in [0.2, 0.25) is 0 Å². The summed E-state index contributed by atoms with van der Waals surface area (Å²) in [7, 11) is 0. The van der Waals surface area contributed by atoms with Crippen LogP contribution in [-0.2, 0) is 19.4 Å². The summed E-state index contributed by atoms with van der Waals surface area (Å²) < 4.78 is 2.23. The highest BCUT2D eigenvalue weighted by molar-refractivity contribution is 5.01. The maximum absolute atomic E-state index is 9.30. The third-order valence-electron chi connectivity index (χ3n) is 4.35. The molecule has 18 heavy (non-hydrogen) atoms. The van der Waals surface area contributed by atoms with Crippen LogP contribution in [0.3, 0.4) is 0 Å². The van der Waals surface area contributed by atoms with Gasteiger partial charge in [-0.25, -0.2) is 0 Å². The molecule has 2 rings (SSSR count). The van der Waals surface area contributed by atoms with E-state index in [1.54, 1.807) is 0 Å². The summed E-state index contributed by atoms with van der Waals surface area (Å²) >= 11 is 0. The highest BCUT2D eigenvalue weighted by atomic mass is 16.3. The first-order valence-electron chi connectivity index (χ1n) is 6.93. The van der Waals surface area contributed by atoms with Crippen molar-refractivity contribution in [2.24, 2.45) is 17.3 Å². The number of hydrogen-bond acceptors (Lipinski definition) is 3. The van der Waals surface area contributed by atoms with E-state index in [0.29, 0.717) is 11.8 Å². The molecule has 0 fully saturated rings. The van der Waals surface area contributed by atoms with Crippen molar-refractivity contribution >= 4 is 0 Å². The van der Waals surface area contributed by atoms with Crippen molar-refractivity contribution in [3.63, 3.8) is 0 Å². The van der Waals surface area contributed by atoms with Gasteiger partial charge >= 0.3 is 0 Å². The second kappa shape index (κ2) is 5.00. The Morgan fingerprint density at radius 2 is 2.11 bits per heavy atom. The Kier molecular flexibility index (Phi) is 3.76. The Morgan fingerprint density at radius 3 is 2.72 bits per heavy atom. The van der Waals surface area contributed by atoms with Crippen molar-refractivity contribution in [3.05, 3.63) is 11.6 Å². The normalized spacial score (nSPS) is 21.7. The molecule has 1 aromatic rings. The predicted octanol–water partition coefficient (Wildman–Crippen LogP) is 2.06. The lowest BCUT2D eigenvalue weighted by molar-refractivity contribution is 0.187. The summed E-state index contributed by atoms with van der Waals surface area (Å²) in [6, 6.07) is 0. The van der Waals surface area contributed by atoms with Crippen molar-refractivity contribution < 1.29 is 5.11 Å². The summed E-state index contributed by atoms with van der Waals surface area (Å²) in [6.45, 7) is 10.2. The van der Waals surface area contributed by atoms with Gasteiger partial charge in [-0.2, -0.15) is 0 Å². The van der Waals surface area contributed by atoms with E-state index in [2.05, 4.69) is 42.5 Å². The predicted molar refractivity (Wildman–Crippen MR) is 71.2 cm³/mol. The van der Waals surface area contributed by atoms with Crippen molar-refractivity contribution in [2.45, 2.75) is 53.5 Å². The lowest BCUT2D eigenvalue weighted by Crippen LogP contribution is -2.26. The molecule has 1 N–H and O–H groups in total. The molecular weight excluding hydrogens is 226 g/mol. The van der Waals surface area contributed by atoms with Gasteiger partial charge in [-0.05, 0) is 17.8 Å². The third kappa shape index (κ3) is 2.74. The highest BCUT2D eigenvalue weighted by Gasteiger charge is 2.26. The van der Waals surface area contributed by atoms with Gasteiger partial charge in [0.25, 0.3) is 0 Å². The lowest BCUT2D eigenvalue weighted by atomic mass is 9.80. The van der Waals surface area contributed by atoms with E-state index in [9.17, 15) is 5.11 Å². The number of nitrogens with zero attached hydrogens (tertiary/aromatic N) is 3. The number of rotatable bonds is 3. The molecule has 4 nitrogen and oxygen atoms in total. The summed E-state index contributed by atoms with van der Waals surface area (Å²) in [6.07, 6.45) is 2.94. The molecule has 2 heterocycles. The zero-order chi connectivity index (χ0) is 13.3. The van der Waals surface area contributed by atoms with Crippen molar-refractivity contribution in [2.75, 3.05) is 6.61 Å². The molecule has 0 radical (unpaired) electrons. The average Bonchev–Trinajstić information content (AvgIpc) is 2.70. The fourth-order valence-electron chi connectivity index (χ4n) is 2.33. The van der Waals surface area contributed by atoms with Crippen LogP contribution in [0.15, 0.2) is 0 Å². The highest BCUT2D eigenvalue weighted by Crippen LogP contribution is 2.29. The Balaban J connectivity index is 2.14. The minimum Gasteiger partial charge on any atom is -0.396 e. The Labute approximate surface area is 109 Å². The van der Waals surface area contributed by atoms with E-state index < -0.39 is 0 Å². The van der Waals surface area contributed by atoms with Crippen LogP contribution in [-0.4, -0.2) is 26.5 Å². The first-order valence-corrected chi connectivity index (χ1v) is 6.93. The van der Waals surface area contributed by atoms with Gasteiger partial charge in [-0.15, -0.1) is 10.2 Å². The zero-order valence-electron chi connectivity index (χ0n) is 12.0. The first-order chi connectivity index (χ1) is 8.41. The molecule has 1 aromatic heterocycles. The van der Waals surface area contributed by atoms with Crippen LogP contribution in [0.25, 0.3) is 0 Å². The third-order valence-corrected chi connectivity index (χ3v) is 4.35. The first kappa shape index (κ1) is 13.5.